The Hall–Kier alpha value is -1.60. The van der Waals surface area contributed by atoms with Crippen LogP contribution in [0.25, 0.3) is 0 Å². The fourth-order valence-electron chi connectivity index (χ4n) is 3.43. The van der Waals surface area contributed by atoms with Crippen LogP contribution >= 0.6 is 12.4 Å². The van der Waals surface area contributed by atoms with Crippen molar-refractivity contribution in [1.29, 1.82) is 0 Å². The largest absolute Gasteiger partial charge is 0.371 e. The first-order valence-corrected chi connectivity index (χ1v) is 11.4. The van der Waals surface area contributed by atoms with Gasteiger partial charge in [-0.1, -0.05) is 45.0 Å². The van der Waals surface area contributed by atoms with Crippen LogP contribution in [0.1, 0.15) is 49.5 Å². The van der Waals surface area contributed by atoms with Crippen molar-refractivity contribution in [2.45, 2.75) is 44.6 Å². The molecule has 1 atom stereocenters. The third kappa shape index (κ3) is 5.72. The Balaban J connectivity index is 0.00000300. The highest BCUT2D eigenvalue weighted by Crippen LogP contribution is 2.27. The van der Waals surface area contributed by atoms with Crippen LogP contribution in [0, 0.1) is 6.92 Å². The van der Waals surface area contributed by atoms with E-state index in [1.54, 1.807) is 12.1 Å². The molecule has 5 nitrogen and oxygen atoms in total. The summed E-state index contributed by atoms with van der Waals surface area (Å²) in [6, 6.07) is 12.9. The highest BCUT2D eigenvalue weighted by molar-refractivity contribution is 7.92. The second kappa shape index (κ2) is 9.94. The number of hydrogen-bond acceptors (Lipinski definition) is 4. The number of anilines is 1. The molecule has 0 amide bonds. The number of hydrogen-bond donors (Lipinski definition) is 1. The summed E-state index contributed by atoms with van der Waals surface area (Å²) in [7, 11) is -3.62. The Kier molecular flexibility index (Phi) is 8.11. The van der Waals surface area contributed by atoms with E-state index in [0.717, 1.165) is 42.9 Å². The first-order chi connectivity index (χ1) is 13.3. The number of benzene rings is 2. The van der Waals surface area contributed by atoms with Gasteiger partial charge >= 0.3 is 0 Å². The molecular formula is C22H31ClN2O3S. The minimum Gasteiger partial charge on any atom is -0.371 e. The minimum atomic E-state index is -3.62. The van der Waals surface area contributed by atoms with Gasteiger partial charge in [0.1, 0.15) is 0 Å². The zero-order valence-electron chi connectivity index (χ0n) is 17.5. The monoisotopic (exact) mass is 438 g/mol. The van der Waals surface area contributed by atoms with E-state index in [2.05, 4.69) is 30.4 Å². The molecule has 1 heterocycles. The Morgan fingerprint density at radius 2 is 1.86 bits per heavy atom. The maximum absolute atomic E-state index is 12.8. The van der Waals surface area contributed by atoms with E-state index in [-0.39, 0.29) is 23.4 Å². The molecule has 29 heavy (non-hydrogen) atoms. The van der Waals surface area contributed by atoms with Gasteiger partial charge in [0, 0.05) is 13.1 Å². The summed E-state index contributed by atoms with van der Waals surface area (Å²) in [6.07, 6.45) is 0.0293. The highest BCUT2D eigenvalue weighted by atomic mass is 35.5. The minimum absolute atomic E-state index is 0. The lowest BCUT2D eigenvalue weighted by Gasteiger charge is -2.32. The average Bonchev–Trinajstić information content (AvgIpc) is 2.69. The predicted octanol–water partition coefficient (Wildman–Crippen LogP) is 4.73. The van der Waals surface area contributed by atoms with Crippen molar-refractivity contribution in [2.75, 3.05) is 31.0 Å². The fourth-order valence-corrected chi connectivity index (χ4v) is 4.56. The maximum atomic E-state index is 12.8. The molecule has 0 radical (unpaired) electrons. The van der Waals surface area contributed by atoms with Gasteiger partial charge in [-0.3, -0.25) is 9.62 Å². The van der Waals surface area contributed by atoms with Gasteiger partial charge in [0.2, 0.25) is 0 Å². The average molecular weight is 439 g/mol. The Morgan fingerprint density at radius 3 is 2.45 bits per heavy atom. The van der Waals surface area contributed by atoms with E-state index in [9.17, 15) is 8.42 Å². The second-order valence-electron chi connectivity index (χ2n) is 7.66. The van der Waals surface area contributed by atoms with E-state index in [1.807, 2.05) is 37.3 Å². The lowest BCUT2D eigenvalue weighted by molar-refractivity contribution is -0.0281. The maximum Gasteiger partial charge on any atom is 0.261 e. The van der Waals surface area contributed by atoms with Crippen molar-refractivity contribution < 1.29 is 13.2 Å². The molecule has 1 aliphatic heterocycles. The van der Waals surface area contributed by atoms with E-state index in [0.29, 0.717) is 11.6 Å². The van der Waals surface area contributed by atoms with Gasteiger partial charge in [0.15, 0.2) is 0 Å². The summed E-state index contributed by atoms with van der Waals surface area (Å²) in [6.45, 7) is 11.8. The van der Waals surface area contributed by atoms with E-state index >= 15 is 0 Å². The molecule has 0 aromatic heterocycles. The lowest BCUT2D eigenvalue weighted by atomic mass is 10.0. The molecule has 1 fully saturated rings. The quantitative estimate of drug-likeness (QED) is 0.708. The summed E-state index contributed by atoms with van der Waals surface area (Å²) in [5, 5.41) is 0. The molecule has 7 heteroatoms. The molecule has 3 rings (SSSR count). The van der Waals surface area contributed by atoms with Crippen LogP contribution in [-0.4, -0.2) is 39.6 Å². The summed E-state index contributed by atoms with van der Waals surface area (Å²) < 4.78 is 34.2. The zero-order chi connectivity index (χ0) is 20.3. The van der Waals surface area contributed by atoms with E-state index < -0.39 is 10.0 Å². The zero-order valence-corrected chi connectivity index (χ0v) is 19.1. The Bertz CT molecular complexity index is 914. The smallest absolute Gasteiger partial charge is 0.261 e. The molecule has 2 aromatic rings. The molecular weight excluding hydrogens is 408 g/mol. The van der Waals surface area contributed by atoms with Gasteiger partial charge in [-0.15, -0.1) is 12.4 Å². The number of ether oxygens (including phenoxy) is 1. The van der Waals surface area contributed by atoms with Crippen molar-refractivity contribution in [1.82, 2.24) is 4.90 Å². The van der Waals surface area contributed by atoms with Gasteiger partial charge < -0.3 is 4.74 Å². The van der Waals surface area contributed by atoms with Crippen LogP contribution in [0.4, 0.5) is 5.69 Å². The topological polar surface area (TPSA) is 58.6 Å². The van der Waals surface area contributed by atoms with Crippen LogP contribution in [0.15, 0.2) is 47.4 Å². The molecule has 2 aromatic carbocycles. The second-order valence-corrected chi connectivity index (χ2v) is 9.34. The van der Waals surface area contributed by atoms with Gasteiger partial charge in [-0.2, -0.15) is 0 Å². The molecule has 160 valence electrons. The van der Waals surface area contributed by atoms with Gasteiger partial charge in [-0.25, -0.2) is 8.42 Å². The number of likely N-dealkylation sites (N-methyl/N-ethyl adjacent to an activating group) is 1. The number of halogens is 1. The number of nitrogens with one attached hydrogen (secondary N) is 1. The molecule has 1 saturated heterocycles. The van der Waals surface area contributed by atoms with Crippen molar-refractivity contribution in [2.24, 2.45) is 0 Å². The number of rotatable bonds is 6. The highest BCUT2D eigenvalue weighted by Gasteiger charge is 2.22. The summed E-state index contributed by atoms with van der Waals surface area (Å²) in [4.78, 5) is 2.63. The molecule has 0 bridgehead atoms. The third-order valence-corrected chi connectivity index (χ3v) is 6.70. The first kappa shape index (κ1) is 23.7. The molecule has 0 spiro atoms. The van der Waals surface area contributed by atoms with Crippen LogP contribution < -0.4 is 4.72 Å². The van der Waals surface area contributed by atoms with E-state index in [4.69, 9.17) is 4.74 Å². The number of nitrogens with zero attached hydrogens (tertiary/aromatic N) is 1. The van der Waals surface area contributed by atoms with Crippen LogP contribution in [0.5, 0.6) is 0 Å². The first-order valence-electron chi connectivity index (χ1n) is 9.87. The lowest BCUT2D eigenvalue weighted by Crippen LogP contribution is -2.38. The summed E-state index contributed by atoms with van der Waals surface area (Å²) >= 11 is 0. The summed E-state index contributed by atoms with van der Waals surface area (Å²) in [5.41, 5.74) is 3.69. The van der Waals surface area contributed by atoms with Crippen molar-refractivity contribution in [3.05, 3.63) is 59.2 Å². The van der Waals surface area contributed by atoms with Crippen LogP contribution in [0.2, 0.25) is 0 Å². The van der Waals surface area contributed by atoms with Crippen LogP contribution in [-0.2, 0) is 14.8 Å². The van der Waals surface area contributed by atoms with Gasteiger partial charge in [0.05, 0.1) is 23.3 Å². The number of morpholine rings is 1. The Morgan fingerprint density at radius 1 is 1.17 bits per heavy atom. The van der Waals surface area contributed by atoms with E-state index in [1.165, 1.54) is 0 Å². The van der Waals surface area contributed by atoms with Crippen molar-refractivity contribution >= 4 is 28.1 Å². The standard InChI is InChI=1S/C22H30N2O3S.ClH/c1-5-24-12-13-27-22(15-24)19-8-11-21(17(4)14-19)23-28(25,26)20-9-6-18(7-10-20)16(2)3;/h6-11,14,16,22-23H,5,12-13,15H2,1-4H3;1H/t22-;/m1./s1. The molecule has 1 aliphatic rings. The third-order valence-electron chi connectivity index (χ3n) is 5.32. The van der Waals surface area contributed by atoms with Gasteiger partial charge in [0.25, 0.3) is 10.0 Å². The van der Waals surface area contributed by atoms with Crippen LogP contribution in [0.3, 0.4) is 0 Å². The Labute approximate surface area is 180 Å². The molecule has 0 aliphatic carbocycles. The molecule has 0 unspecified atom stereocenters. The SMILES string of the molecule is CCN1CCO[C@@H](c2ccc(NS(=O)(=O)c3ccc(C(C)C)cc3)c(C)c2)C1.Cl. The molecule has 1 N–H and O–H groups in total. The number of aryl methyl sites for hydroxylation is 1. The molecule has 0 saturated carbocycles. The van der Waals surface area contributed by atoms with Crippen molar-refractivity contribution in [3.8, 4) is 0 Å². The predicted molar refractivity (Wildman–Crippen MR) is 121 cm³/mol. The number of sulfonamides is 1. The van der Waals surface area contributed by atoms with Crippen molar-refractivity contribution in [3.63, 3.8) is 0 Å². The fraction of sp³-hybridized carbons (Fsp3) is 0.455. The normalized spacial score (nSPS) is 17.8. The van der Waals surface area contributed by atoms with Gasteiger partial charge in [-0.05, 0) is 54.3 Å². The summed E-state index contributed by atoms with van der Waals surface area (Å²) in [5.74, 6) is 0.366.